The van der Waals surface area contributed by atoms with Crippen LogP contribution in [0, 0.1) is 0 Å². The number of nitrogens with two attached hydrogens (primary N) is 1. The van der Waals surface area contributed by atoms with Crippen molar-refractivity contribution in [3.05, 3.63) is 64.2 Å². The molecule has 2 aromatic rings. The molecule has 0 spiro atoms. The first-order valence-electron chi connectivity index (χ1n) is 9.85. The molecule has 1 aliphatic heterocycles. The van der Waals surface area contributed by atoms with Crippen molar-refractivity contribution in [2.45, 2.75) is 18.8 Å². The third kappa shape index (κ3) is 6.69. The van der Waals surface area contributed by atoms with E-state index >= 15 is 0 Å². The Bertz CT molecular complexity index is 1060. The Morgan fingerprint density at radius 2 is 1.82 bits per heavy atom. The number of likely N-dealkylation sites (N-methyl/N-ethyl adjacent to an activating group) is 1. The fraction of sp³-hybridized carbons (Fsp3) is 0.318. The molecule has 0 radical (unpaired) electrons. The number of para-hydroxylation sites is 1. The van der Waals surface area contributed by atoms with E-state index in [1.165, 1.54) is 12.1 Å². The summed E-state index contributed by atoms with van der Waals surface area (Å²) in [6.45, 7) is 1.68. The number of fused-ring (bicyclic) bond motifs is 1. The average molecular weight is 502 g/mol. The van der Waals surface area contributed by atoms with Crippen molar-refractivity contribution in [1.29, 1.82) is 0 Å². The summed E-state index contributed by atoms with van der Waals surface area (Å²) in [5, 5.41) is 7.33. The van der Waals surface area contributed by atoms with Crippen LogP contribution in [0.3, 0.4) is 0 Å². The second-order valence-corrected chi connectivity index (χ2v) is 7.84. The molecular weight excluding hydrogens is 479 g/mol. The first-order valence-corrected chi connectivity index (χ1v) is 10.2. The number of methoxy groups -OCH3 is 1. The number of amides is 2. The Balaban J connectivity index is 0.000000509. The number of nitrogens with zero attached hydrogens (tertiary/aromatic N) is 2. The summed E-state index contributed by atoms with van der Waals surface area (Å²) in [4.78, 5) is 37.5. The quantitative estimate of drug-likeness (QED) is 0.665. The molecular formula is C22H23ClF3N3O5. The maximum absolute atomic E-state index is 13.3. The fourth-order valence-electron chi connectivity index (χ4n) is 3.31. The zero-order chi connectivity index (χ0) is 25.6. The summed E-state index contributed by atoms with van der Waals surface area (Å²) in [6.07, 6.45) is -5.08. The molecule has 12 heteroatoms. The number of carbonyl (C=O) groups is 3. The highest BCUT2D eigenvalue weighted by Crippen LogP contribution is 2.30. The summed E-state index contributed by atoms with van der Waals surface area (Å²) >= 11 is 6.29. The number of alkyl halides is 3. The van der Waals surface area contributed by atoms with Crippen LogP contribution in [0.5, 0.6) is 0 Å². The van der Waals surface area contributed by atoms with Crippen LogP contribution in [-0.4, -0.2) is 67.3 Å². The van der Waals surface area contributed by atoms with Crippen LogP contribution in [0.4, 0.5) is 18.9 Å². The second-order valence-electron chi connectivity index (χ2n) is 7.43. The molecule has 184 valence electrons. The summed E-state index contributed by atoms with van der Waals surface area (Å²) in [5.74, 6) is -3.56. The number of carboxylic acid groups (broad SMARTS) is 1. The lowest BCUT2D eigenvalue weighted by molar-refractivity contribution is -0.192. The third-order valence-electron chi connectivity index (χ3n) is 5.05. The number of hydrogen-bond acceptors (Lipinski definition) is 5. The zero-order valence-corrected chi connectivity index (χ0v) is 19.1. The Hall–Kier alpha value is -3.15. The predicted octanol–water partition coefficient (Wildman–Crippen LogP) is 3.18. The number of anilines is 1. The fourth-order valence-corrected chi connectivity index (χ4v) is 3.57. The van der Waals surface area contributed by atoms with Gasteiger partial charge in [0, 0.05) is 31.5 Å². The van der Waals surface area contributed by atoms with Crippen LogP contribution >= 0.6 is 11.6 Å². The molecule has 2 amide bonds. The minimum atomic E-state index is -5.08. The van der Waals surface area contributed by atoms with Crippen LogP contribution < -0.4 is 10.6 Å². The first kappa shape index (κ1) is 27.1. The lowest BCUT2D eigenvalue weighted by Crippen LogP contribution is -2.44. The number of ether oxygens (including phenoxy) is 1. The van der Waals surface area contributed by atoms with Crippen molar-refractivity contribution in [2.75, 3.05) is 32.2 Å². The predicted molar refractivity (Wildman–Crippen MR) is 119 cm³/mol. The average Bonchev–Trinajstić information content (AvgIpc) is 2.89. The molecule has 0 saturated heterocycles. The molecule has 3 rings (SSSR count). The minimum Gasteiger partial charge on any atom is -0.475 e. The van der Waals surface area contributed by atoms with E-state index in [0.717, 1.165) is 11.3 Å². The number of carbonyl (C=O) groups excluding carboxylic acids is 2. The molecule has 3 N–H and O–H groups in total. The second kappa shape index (κ2) is 11.3. The Morgan fingerprint density at radius 3 is 2.35 bits per heavy atom. The highest BCUT2D eigenvalue weighted by molar-refractivity contribution is 6.35. The summed E-state index contributed by atoms with van der Waals surface area (Å²) in [6, 6.07) is 12.3. The molecule has 8 nitrogen and oxygen atoms in total. The third-order valence-corrected chi connectivity index (χ3v) is 5.36. The van der Waals surface area contributed by atoms with E-state index in [4.69, 9.17) is 32.0 Å². The molecule has 1 atom stereocenters. The number of primary amides is 1. The normalized spacial score (nSPS) is 16.1. The van der Waals surface area contributed by atoms with E-state index in [1.807, 2.05) is 31.3 Å². The van der Waals surface area contributed by atoms with Crippen LogP contribution in [0.15, 0.2) is 42.5 Å². The topological polar surface area (TPSA) is 113 Å². The lowest BCUT2D eigenvalue weighted by atomic mass is 10.1. The van der Waals surface area contributed by atoms with Gasteiger partial charge in [-0.05, 0) is 36.9 Å². The molecule has 0 aliphatic carbocycles. The number of aliphatic carboxylic acids is 1. The van der Waals surface area contributed by atoms with Crippen LogP contribution in [0.2, 0.25) is 5.02 Å². The number of rotatable bonds is 4. The summed E-state index contributed by atoms with van der Waals surface area (Å²) < 4.78 is 37.1. The van der Waals surface area contributed by atoms with Gasteiger partial charge in [-0.1, -0.05) is 29.8 Å². The Kier molecular flexibility index (Phi) is 9.02. The van der Waals surface area contributed by atoms with E-state index in [2.05, 4.69) is 4.90 Å². The van der Waals surface area contributed by atoms with Crippen molar-refractivity contribution in [3.8, 4) is 0 Å². The zero-order valence-electron chi connectivity index (χ0n) is 18.3. The Labute approximate surface area is 198 Å². The van der Waals surface area contributed by atoms with Gasteiger partial charge in [-0.15, -0.1) is 0 Å². The van der Waals surface area contributed by atoms with Gasteiger partial charge in [0.15, 0.2) is 0 Å². The maximum Gasteiger partial charge on any atom is 0.490 e. The molecule has 2 aromatic carbocycles. The molecule has 1 heterocycles. The number of hydrogen-bond donors (Lipinski definition) is 2. The van der Waals surface area contributed by atoms with E-state index in [0.29, 0.717) is 25.3 Å². The van der Waals surface area contributed by atoms with Gasteiger partial charge in [-0.3, -0.25) is 14.5 Å². The van der Waals surface area contributed by atoms with Gasteiger partial charge in [0.05, 0.1) is 23.2 Å². The smallest absolute Gasteiger partial charge is 0.475 e. The molecule has 0 saturated carbocycles. The highest BCUT2D eigenvalue weighted by atomic mass is 35.5. The molecule has 0 aromatic heterocycles. The number of halogens is 4. The lowest BCUT2D eigenvalue weighted by Gasteiger charge is -2.29. The molecule has 0 fully saturated rings. The minimum absolute atomic E-state index is 0.0371. The summed E-state index contributed by atoms with van der Waals surface area (Å²) in [5.41, 5.74) is 7.79. The first-order chi connectivity index (χ1) is 15.9. The van der Waals surface area contributed by atoms with Gasteiger partial charge < -0.3 is 20.5 Å². The maximum atomic E-state index is 13.3. The van der Waals surface area contributed by atoms with Crippen molar-refractivity contribution >= 4 is 35.1 Å². The van der Waals surface area contributed by atoms with E-state index in [1.54, 1.807) is 18.1 Å². The summed E-state index contributed by atoms with van der Waals surface area (Å²) in [7, 11) is 3.67. The van der Waals surface area contributed by atoms with Gasteiger partial charge in [-0.2, -0.15) is 13.2 Å². The van der Waals surface area contributed by atoms with Gasteiger partial charge >= 0.3 is 12.1 Å². The van der Waals surface area contributed by atoms with Crippen LogP contribution in [0.1, 0.15) is 26.3 Å². The molecule has 34 heavy (non-hydrogen) atoms. The van der Waals surface area contributed by atoms with E-state index < -0.39 is 18.1 Å². The standard InChI is InChI=1S/C20H22ClN3O3.C2HF3O2/c1-23-10-14-5-3-4-6-18(14)24(11-15(23)12-27-2)20(26)16-8-7-13(19(22)25)9-17(16)21;3-2(4,5)1(6)7/h3-9,15H,10-12H2,1-2H3,(H2,22,25);(H,6,7). The molecule has 0 bridgehead atoms. The van der Waals surface area contributed by atoms with E-state index in [-0.39, 0.29) is 22.5 Å². The van der Waals surface area contributed by atoms with Gasteiger partial charge in [0.1, 0.15) is 0 Å². The van der Waals surface area contributed by atoms with Gasteiger partial charge in [0.2, 0.25) is 5.91 Å². The largest absolute Gasteiger partial charge is 0.490 e. The van der Waals surface area contributed by atoms with Gasteiger partial charge in [-0.25, -0.2) is 4.79 Å². The number of carboxylic acids is 1. The van der Waals surface area contributed by atoms with Gasteiger partial charge in [0.25, 0.3) is 5.91 Å². The SMILES string of the molecule is COCC1CN(C(=O)c2ccc(C(N)=O)cc2Cl)c2ccccc2CN1C.O=C(O)C(F)(F)F. The van der Waals surface area contributed by atoms with Crippen LogP contribution in [0.25, 0.3) is 0 Å². The molecule has 1 aliphatic rings. The monoisotopic (exact) mass is 501 g/mol. The Morgan fingerprint density at radius 1 is 1.21 bits per heavy atom. The van der Waals surface area contributed by atoms with Crippen LogP contribution in [-0.2, 0) is 16.1 Å². The highest BCUT2D eigenvalue weighted by Gasteiger charge is 2.38. The van der Waals surface area contributed by atoms with Crippen molar-refractivity contribution in [2.24, 2.45) is 5.73 Å². The van der Waals surface area contributed by atoms with Crippen molar-refractivity contribution in [3.63, 3.8) is 0 Å². The van der Waals surface area contributed by atoms with Crippen molar-refractivity contribution < 1.29 is 37.4 Å². The van der Waals surface area contributed by atoms with Crippen molar-refractivity contribution in [1.82, 2.24) is 4.90 Å². The van der Waals surface area contributed by atoms with E-state index in [9.17, 15) is 22.8 Å². The number of benzene rings is 2. The molecule has 1 unspecified atom stereocenters.